The fraction of sp³-hybridized carbons (Fsp3) is 0.714. The maximum atomic E-state index is 14.8. The lowest BCUT2D eigenvalue weighted by atomic mass is 9.93. The summed E-state index contributed by atoms with van der Waals surface area (Å²) in [6, 6.07) is -6.22. The van der Waals surface area contributed by atoms with E-state index in [-0.39, 0.29) is 108 Å². The Kier molecular flexibility index (Phi) is 25.3. The Hall–Kier alpha value is -6.93. The van der Waals surface area contributed by atoms with Gasteiger partial charge in [-0.1, -0.05) is 0 Å². The minimum absolute atomic E-state index is 0.00432. The third kappa shape index (κ3) is 22.3. The van der Waals surface area contributed by atoms with Crippen molar-refractivity contribution in [1.82, 2.24) is 46.8 Å². The summed E-state index contributed by atoms with van der Waals surface area (Å²) in [5.74, 6) is -5.05. The van der Waals surface area contributed by atoms with Crippen LogP contribution in [0.15, 0.2) is 9.89 Å². The second-order valence-electron chi connectivity index (χ2n) is 24.1. The van der Waals surface area contributed by atoms with Gasteiger partial charge in [-0.15, -0.1) is 0 Å². The fourth-order valence-corrected chi connectivity index (χ4v) is 11.5. The molecule has 0 spiro atoms. The summed E-state index contributed by atoms with van der Waals surface area (Å²) < 4.78 is 47.1. The van der Waals surface area contributed by atoms with Gasteiger partial charge in [0.1, 0.15) is 52.8 Å². The van der Waals surface area contributed by atoms with Crippen LogP contribution in [0.3, 0.4) is 0 Å². The van der Waals surface area contributed by atoms with Crippen molar-refractivity contribution in [2.75, 3.05) is 32.7 Å². The van der Waals surface area contributed by atoms with Gasteiger partial charge >= 0.3 is 18.2 Å². The van der Waals surface area contributed by atoms with Crippen LogP contribution in [0.4, 0.5) is 9.59 Å². The Bertz CT molecular complexity index is 2670. The predicted molar refractivity (Wildman–Crippen MR) is 307 cm³/mol. The van der Waals surface area contributed by atoms with E-state index >= 15 is 0 Å². The first-order chi connectivity index (χ1) is 38.7. The molecule has 3 heterocycles. The number of unbranched alkanes of at least 4 members (excludes halogenated alkanes) is 3. The van der Waals surface area contributed by atoms with Gasteiger partial charge in [-0.2, -0.15) is 0 Å². The number of hydrogen-bond donors (Lipinski definition) is 10. The standard InChI is InChI=1S/C56H91N11O15S/c1-33-34(2)45(35(3)44-36(33)32-56(10,11)80-44)83(78,79)66-51(57)59-30-18-23-40-50(75)67-31-19-24-41(67)49(74)64-39(22-12-15-27-58-42(68)25-26-43(69)70)47(72)62-37(20-13-16-28-60-52(76)81-54(4,5)6)46(71)63-38(48(73)65-40)21-14-17-29-61-53(77)82-55(7,8)9/h37-41H,12-32H2,1-11H3,(H,58,68)(H,60,76)(H,61,77)(H,62,72)(H,63,71)(H,64,74)(H,65,73)(H,69,70)(H3,57,59,66)/t37-,38-,39-,40-,41+/m0/s1. The number of benzene rings is 1. The van der Waals surface area contributed by atoms with E-state index in [0.29, 0.717) is 49.0 Å². The number of guanidine groups is 1. The van der Waals surface area contributed by atoms with Crippen LogP contribution in [0.1, 0.15) is 174 Å². The number of aliphatic carboxylic acids is 1. The van der Waals surface area contributed by atoms with E-state index in [2.05, 4.69) is 46.9 Å². The zero-order valence-electron chi connectivity index (χ0n) is 50.3. The van der Waals surface area contributed by atoms with Crippen molar-refractivity contribution < 1.29 is 70.9 Å². The highest BCUT2D eigenvalue weighted by Gasteiger charge is 2.41. The number of carboxylic acid groups (broad SMARTS) is 1. The van der Waals surface area contributed by atoms with Crippen LogP contribution in [0, 0.1) is 20.8 Å². The van der Waals surface area contributed by atoms with Crippen LogP contribution in [-0.4, -0.2) is 158 Å². The van der Waals surface area contributed by atoms with Crippen LogP contribution < -0.4 is 52.4 Å². The third-order valence-electron chi connectivity index (χ3n) is 14.1. The highest BCUT2D eigenvalue weighted by atomic mass is 32.2. The van der Waals surface area contributed by atoms with Crippen molar-refractivity contribution in [2.24, 2.45) is 10.7 Å². The minimum atomic E-state index is -4.28. The molecule has 5 atom stereocenters. The molecular weight excluding hydrogens is 1100 g/mol. The molecule has 0 aromatic heterocycles. The van der Waals surface area contributed by atoms with Crippen molar-refractivity contribution in [3.8, 4) is 5.75 Å². The molecule has 27 heteroatoms. The number of nitrogens with one attached hydrogen (secondary N) is 8. The monoisotopic (exact) mass is 1190 g/mol. The van der Waals surface area contributed by atoms with Gasteiger partial charge in [0.05, 0.1) is 11.3 Å². The van der Waals surface area contributed by atoms with Crippen molar-refractivity contribution in [1.29, 1.82) is 0 Å². The second-order valence-corrected chi connectivity index (χ2v) is 25.7. The number of hydrogen-bond acceptors (Lipinski definition) is 15. The first kappa shape index (κ1) is 68.6. The number of alkyl carbamates (subject to hydrolysis) is 2. The van der Waals surface area contributed by atoms with Crippen LogP contribution in [0.5, 0.6) is 5.75 Å². The summed E-state index contributed by atoms with van der Waals surface area (Å²) in [5.41, 5.74) is 6.88. The summed E-state index contributed by atoms with van der Waals surface area (Å²) in [7, 11) is -4.28. The van der Waals surface area contributed by atoms with Crippen LogP contribution in [0.25, 0.3) is 0 Å². The molecular formula is C56H91N11O15S. The molecule has 0 unspecified atom stereocenters. The Morgan fingerprint density at radius 3 is 1.65 bits per heavy atom. The average molecular weight is 1190 g/mol. The lowest BCUT2D eigenvalue weighted by Gasteiger charge is -2.30. The van der Waals surface area contributed by atoms with E-state index in [1.54, 1.807) is 55.4 Å². The van der Waals surface area contributed by atoms with E-state index in [1.165, 1.54) is 4.90 Å². The molecule has 2 saturated heterocycles. The van der Waals surface area contributed by atoms with E-state index < -0.39 is 117 Å². The molecule has 0 radical (unpaired) electrons. The zero-order valence-corrected chi connectivity index (χ0v) is 51.1. The van der Waals surface area contributed by atoms with Crippen LogP contribution >= 0.6 is 0 Å². The van der Waals surface area contributed by atoms with E-state index in [0.717, 1.165) is 11.1 Å². The van der Waals surface area contributed by atoms with Gasteiger partial charge in [-0.05, 0) is 171 Å². The van der Waals surface area contributed by atoms with Crippen molar-refractivity contribution in [2.45, 2.75) is 231 Å². The molecule has 1 aromatic carbocycles. The molecule has 2 fully saturated rings. The van der Waals surface area contributed by atoms with Gasteiger partial charge in [0.25, 0.3) is 10.0 Å². The lowest BCUT2D eigenvalue weighted by Crippen LogP contribution is -2.57. The Morgan fingerprint density at radius 1 is 0.687 bits per heavy atom. The molecule has 8 amide bonds. The van der Waals surface area contributed by atoms with Gasteiger partial charge in [0.15, 0.2) is 0 Å². The SMILES string of the molecule is Cc1c(C)c(S(=O)(=O)NC(N)=NCCC[C@@H]2NC(=O)[C@H](CCCCNC(=O)OC(C)(C)C)NC(=O)[C@H](CCCCNC(=O)OC(C)(C)C)NC(=O)[C@H](CCCCNC(=O)CCC(=O)O)NC(=O)[C@H]3CCCN3C2=O)c(C)c2c1CC(C)(C)O2. The van der Waals surface area contributed by atoms with E-state index in [9.17, 15) is 51.6 Å². The number of nitrogens with two attached hydrogens (primary N) is 1. The highest BCUT2D eigenvalue weighted by Crippen LogP contribution is 2.44. The summed E-state index contributed by atoms with van der Waals surface area (Å²) in [6.45, 7) is 19.9. The molecule has 0 bridgehead atoms. The molecule has 11 N–H and O–H groups in total. The van der Waals surface area contributed by atoms with Gasteiger partial charge in [-0.25, -0.2) is 22.7 Å². The van der Waals surface area contributed by atoms with Crippen molar-refractivity contribution >= 4 is 69.6 Å². The van der Waals surface area contributed by atoms with Crippen molar-refractivity contribution in [3.63, 3.8) is 0 Å². The maximum absolute atomic E-state index is 14.8. The molecule has 83 heavy (non-hydrogen) atoms. The smallest absolute Gasteiger partial charge is 0.407 e. The fourth-order valence-electron chi connectivity index (χ4n) is 10.0. The number of rotatable bonds is 24. The molecule has 1 aromatic rings. The van der Waals surface area contributed by atoms with Gasteiger partial charge in [0.2, 0.25) is 41.4 Å². The van der Waals surface area contributed by atoms with E-state index in [1.807, 2.05) is 20.8 Å². The Morgan fingerprint density at radius 2 is 1.16 bits per heavy atom. The molecule has 3 aliphatic rings. The number of fused-ring (bicyclic) bond motifs is 2. The quantitative estimate of drug-likeness (QED) is 0.0404. The number of sulfonamides is 1. The van der Waals surface area contributed by atoms with Crippen LogP contribution in [0.2, 0.25) is 0 Å². The number of amides is 8. The number of aliphatic imine (C=N–C) groups is 1. The number of carbonyl (C=O) groups excluding carboxylic acids is 8. The Labute approximate surface area is 487 Å². The molecule has 0 saturated carbocycles. The summed E-state index contributed by atoms with van der Waals surface area (Å²) in [5, 5.41) is 28.2. The average Bonchev–Trinajstić information content (AvgIpc) is 4.17. The third-order valence-corrected chi connectivity index (χ3v) is 15.7. The largest absolute Gasteiger partial charge is 0.487 e. The lowest BCUT2D eigenvalue weighted by molar-refractivity contribution is -0.142. The van der Waals surface area contributed by atoms with Crippen LogP contribution in [-0.2, 0) is 59.5 Å². The molecule has 4 rings (SSSR count). The predicted octanol–water partition coefficient (Wildman–Crippen LogP) is 3.18. The van der Waals surface area contributed by atoms with Gasteiger partial charge in [-0.3, -0.25) is 38.6 Å². The van der Waals surface area contributed by atoms with Crippen molar-refractivity contribution in [3.05, 3.63) is 22.3 Å². The number of nitrogens with zero attached hydrogens (tertiary/aromatic N) is 2. The summed E-state index contributed by atoms with van der Waals surface area (Å²) >= 11 is 0. The van der Waals surface area contributed by atoms with Gasteiger partial charge in [0, 0.05) is 56.7 Å². The summed E-state index contributed by atoms with van der Waals surface area (Å²) in [6.07, 6.45) is 1.23. The molecule has 466 valence electrons. The van der Waals surface area contributed by atoms with Gasteiger partial charge < -0.3 is 67.2 Å². The first-order valence-electron chi connectivity index (χ1n) is 28.8. The normalized spacial score (nSPS) is 20.7. The second kappa shape index (κ2) is 30.6. The topological polar surface area (TPSA) is 374 Å². The summed E-state index contributed by atoms with van der Waals surface area (Å²) in [4.78, 5) is 126. The molecule has 0 aliphatic carbocycles. The highest BCUT2D eigenvalue weighted by molar-refractivity contribution is 7.90. The number of carbonyl (C=O) groups is 9. The number of carboxylic acids is 1. The first-order valence-corrected chi connectivity index (χ1v) is 30.3. The Balaban J connectivity index is 1.64. The molecule has 26 nitrogen and oxygen atoms in total. The molecule has 3 aliphatic heterocycles. The maximum Gasteiger partial charge on any atom is 0.407 e. The zero-order chi connectivity index (χ0) is 62.0. The van der Waals surface area contributed by atoms with E-state index in [4.69, 9.17) is 25.1 Å². The minimum Gasteiger partial charge on any atom is -0.487 e. The number of ether oxygens (including phenoxy) is 3.